The predicted octanol–water partition coefficient (Wildman–Crippen LogP) is 0.966. The molecule has 0 aliphatic carbocycles. The smallest absolute Gasteiger partial charge is 0.0969 e. The zero-order chi connectivity index (χ0) is 12.6. The minimum Gasteiger partial charge on any atom is -0.316 e. The molecule has 96 valence electrons. The van der Waals surface area contributed by atoms with Gasteiger partial charge in [0.25, 0.3) is 0 Å². The first-order valence-electron chi connectivity index (χ1n) is 6.28. The molecule has 1 aromatic heterocycles. The molecule has 0 radical (unpaired) electrons. The van der Waals surface area contributed by atoms with E-state index in [1.54, 1.807) is 11.0 Å². The van der Waals surface area contributed by atoms with Crippen molar-refractivity contribution < 1.29 is 0 Å². The van der Waals surface area contributed by atoms with E-state index < -0.39 is 0 Å². The Morgan fingerprint density at radius 1 is 1.11 bits per heavy atom. The van der Waals surface area contributed by atoms with Crippen molar-refractivity contribution >= 4 is 0 Å². The van der Waals surface area contributed by atoms with Crippen LogP contribution in [0.15, 0.2) is 36.5 Å². The van der Waals surface area contributed by atoms with Gasteiger partial charge in [-0.05, 0) is 18.7 Å². The summed E-state index contributed by atoms with van der Waals surface area (Å²) in [5, 5.41) is 15.3. The van der Waals surface area contributed by atoms with Gasteiger partial charge in [-0.25, -0.2) is 0 Å². The minimum atomic E-state index is 0.748. The highest BCUT2D eigenvalue weighted by Gasteiger charge is 2.01. The van der Waals surface area contributed by atoms with Crippen LogP contribution in [0, 0.1) is 0 Å². The van der Waals surface area contributed by atoms with Crippen molar-refractivity contribution in [3.8, 4) is 5.69 Å². The average Bonchev–Trinajstić information content (AvgIpc) is 2.88. The molecule has 1 heterocycles. The Kier molecular flexibility index (Phi) is 4.87. The van der Waals surface area contributed by atoms with Gasteiger partial charge in [-0.3, -0.25) is 0 Å². The SMILES string of the molecule is CCNCCNCc1cnn(-c2ccccc2)n1. The molecule has 0 aliphatic rings. The third-order valence-electron chi connectivity index (χ3n) is 2.56. The number of nitrogens with one attached hydrogen (secondary N) is 2. The number of rotatable bonds is 7. The van der Waals surface area contributed by atoms with Crippen LogP contribution in [-0.4, -0.2) is 34.6 Å². The summed E-state index contributed by atoms with van der Waals surface area (Å²) in [7, 11) is 0. The van der Waals surface area contributed by atoms with E-state index in [0.29, 0.717) is 0 Å². The lowest BCUT2D eigenvalue weighted by Gasteiger charge is -2.02. The van der Waals surface area contributed by atoms with Gasteiger partial charge >= 0.3 is 0 Å². The molecule has 5 nitrogen and oxygen atoms in total. The van der Waals surface area contributed by atoms with E-state index in [0.717, 1.165) is 37.6 Å². The van der Waals surface area contributed by atoms with Crippen LogP contribution in [0.1, 0.15) is 12.6 Å². The van der Waals surface area contributed by atoms with Gasteiger partial charge in [0.05, 0.1) is 17.6 Å². The quantitative estimate of drug-likeness (QED) is 0.714. The van der Waals surface area contributed by atoms with Crippen molar-refractivity contribution in [2.45, 2.75) is 13.5 Å². The van der Waals surface area contributed by atoms with Gasteiger partial charge < -0.3 is 10.6 Å². The molecule has 2 aromatic rings. The number of aromatic nitrogens is 3. The fourth-order valence-electron chi connectivity index (χ4n) is 1.63. The van der Waals surface area contributed by atoms with Crippen LogP contribution < -0.4 is 10.6 Å². The largest absolute Gasteiger partial charge is 0.316 e. The topological polar surface area (TPSA) is 54.8 Å². The normalized spacial score (nSPS) is 10.7. The summed E-state index contributed by atoms with van der Waals surface area (Å²) in [5.41, 5.74) is 1.94. The van der Waals surface area contributed by atoms with E-state index in [4.69, 9.17) is 0 Å². The maximum atomic E-state index is 4.42. The molecule has 18 heavy (non-hydrogen) atoms. The molecule has 0 fully saturated rings. The maximum Gasteiger partial charge on any atom is 0.0969 e. The van der Waals surface area contributed by atoms with E-state index >= 15 is 0 Å². The van der Waals surface area contributed by atoms with E-state index in [1.165, 1.54) is 0 Å². The van der Waals surface area contributed by atoms with Crippen molar-refractivity contribution in [3.63, 3.8) is 0 Å². The molecular formula is C13H19N5. The molecule has 0 unspecified atom stereocenters. The van der Waals surface area contributed by atoms with E-state index in [-0.39, 0.29) is 0 Å². The fraction of sp³-hybridized carbons (Fsp3) is 0.385. The minimum absolute atomic E-state index is 0.748. The number of nitrogens with zero attached hydrogens (tertiary/aromatic N) is 3. The standard InChI is InChI=1S/C13H19N5/c1-2-14-8-9-15-10-12-11-16-18(17-12)13-6-4-3-5-7-13/h3-7,11,14-15H,2,8-10H2,1H3. The fourth-order valence-corrected chi connectivity index (χ4v) is 1.63. The number of para-hydroxylation sites is 1. The van der Waals surface area contributed by atoms with Gasteiger partial charge in [0.15, 0.2) is 0 Å². The molecule has 1 aromatic carbocycles. The van der Waals surface area contributed by atoms with Crippen molar-refractivity contribution in [1.29, 1.82) is 0 Å². The monoisotopic (exact) mass is 245 g/mol. The van der Waals surface area contributed by atoms with Crippen LogP contribution in [0.5, 0.6) is 0 Å². The molecule has 0 aliphatic heterocycles. The predicted molar refractivity (Wildman–Crippen MR) is 71.6 cm³/mol. The second-order valence-electron chi connectivity index (χ2n) is 3.99. The molecule has 2 N–H and O–H groups in total. The van der Waals surface area contributed by atoms with Gasteiger partial charge in [0.1, 0.15) is 0 Å². The van der Waals surface area contributed by atoms with Crippen LogP contribution in [0.2, 0.25) is 0 Å². The molecule has 5 heteroatoms. The highest BCUT2D eigenvalue weighted by molar-refractivity contribution is 5.28. The van der Waals surface area contributed by atoms with E-state index in [2.05, 4.69) is 27.8 Å². The van der Waals surface area contributed by atoms with Crippen LogP contribution in [0.4, 0.5) is 0 Å². The summed E-state index contributed by atoms with van der Waals surface area (Å²) in [6, 6.07) is 9.92. The van der Waals surface area contributed by atoms with Crippen molar-refractivity contribution in [1.82, 2.24) is 25.6 Å². The summed E-state index contributed by atoms with van der Waals surface area (Å²) in [4.78, 5) is 1.65. The molecule has 2 rings (SSSR count). The molecule has 0 spiro atoms. The summed E-state index contributed by atoms with van der Waals surface area (Å²) >= 11 is 0. The Bertz CT molecular complexity index is 451. The first-order valence-corrected chi connectivity index (χ1v) is 6.28. The van der Waals surface area contributed by atoms with Gasteiger partial charge in [-0.2, -0.15) is 15.0 Å². The zero-order valence-electron chi connectivity index (χ0n) is 10.6. The molecule has 0 saturated carbocycles. The Morgan fingerprint density at radius 2 is 1.89 bits per heavy atom. The number of hydrogen-bond donors (Lipinski definition) is 2. The van der Waals surface area contributed by atoms with Crippen LogP contribution in [-0.2, 0) is 6.54 Å². The number of likely N-dealkylation sites (N-methyl/N-ethyl adjacent to an activating group) is 1. The maximum absolute atomic E-state index is 4.42. The first kappa shape index (κ1) is 12.7. The molecule has 0 saturated heterocycles. The van der Waals surface area contributed by atoms with E-state index in [9.17, 15) is 0 Å². The van der Waals surface area contributed by atoms with Gasteiger partial charge in [-0.15, -0.1) is 0 Å². The van der Waals surface area contributed by atoms with Crippen molar-refractivity contribution in [2.24, 2.45) is 0 Å². The highest BCUT2D eigenvalue weighted by atomic mass is 15.5. The number of benzene rings is 1. The average molecular weight is 245 g/mol. The second kappa shape index (κ2) is 6.88. The summed E-state index contributed by atoms with van der Waals surface area (Å²) in [6.45, 7) is 5.77. The Labute approximate surface area is 107 Å². The van der Waals surface area contributed by atoms with Gasteiger partial charge in [0, 0.05) is 19.6 Å². The van der Waals surface area contributed by atoms with Crippen LogP contribution in [0.25, 0.3) is 5.69 Å². The Balaban J connectivity index is 1.83. The summed E-state index contributed by atoms with van der Waals surface area (Å²) < 4.78 is 0. The molecular weight excluding hydrogens is 226 g/mol. The third kappa shape index (κ3) is 3.65. The number of hydrogen-bond acceptors (Lipinski definition) is 4. The Morgan fingerprint density at radius 3 is 2.67 bits per heavy atom. The van der Waals surface area contributed by atoms with Gasteiger partial charge in [0.2, 0.25) is 0 Å². The second-order valence-corrected chi connectivity index (χ2v) is 3.99. The lowest BCUT2D eigenvalue weighted by molar-refractivity contribution is 0.614. The Hall–Kier alpha value is -1.72. The summed E-state index contributed by atoms with van der Waals surface area (Å²) in [6.07, 6.45) is 1.80. The lowest BCUT2D eigenvalue weighted by atomic mass is 10.3. The van der Waals surface area contributed by atoms with Crippen molar-refractivity contribution in [3.05, 3.63) is 42.2 Å². The highest BCUT2D eigenvalue weighted by Crippen LogP contribution is 2.03. The lowest BCUT2D eigenvalue weighted by Crippen LogP contribution is -2.26. The van der Waals surface area contributed by atoms with Crippen molar-refractivity contribution in [2.75, 3.05) is 19.6 Å². The third-order valence-corrected chi connectivity index (χ3v) is 2.56. The molecule has 0 amide bonds. The summed E-state index contributed by atoms with van der Waals surface area (Å²) in [5.74, 6) is 0. The van der Waals surface area contributed by atoms with Gasteiger partial charge in [-0.1, -0.05) is 25.1 Å². The van der Waals surface area contributed by atoms with Crippen LogP contribution >= 0.6 is 0 Å². The molecule has 0 bridgehead atoms. The zero-order valence-corrected chi connectivity index (χ0v) is 10.6. The molecule has 0 atom stereocenters. The van der Waals surface area contributed by atoms with Crippen LogP contribution in [0.3, 0.4) is 0 Å². The van der Waals surface area contributed by atoms with E-state index in [1.807, 2.05) is 30.3 Å². The first-order chi connectivity index (χ1) is 8.90.